The molecule has 1 aliphatic heterocycles. The van der Waals surface area contributed by atoms with E-state index < -0.39 is 12.5 Å². The van der Waals surface area contributed by atoms with Crippen molar-refractivity contribution in [3.8, 4) is 23.0 Å². The Kier molecular flexibility index (Phi) is 4.87. The van der Waals surface area contributed by atoms with E-state index in [1.165, 1.54) is 24.3 Å². The van der Waals surface area contributed by atoms with Crippen molar-refractivity contribution < 1.29 is 31.9 Å². The third-order valence-corrected chi connectivity index (χ3v) is 4.09. The summed E-state index contributed by atoms with van der Waals surface area (Å²) in [5.41, 5.74) is 1.33. The summed E-state index contributed by atoms with van der Waals surface area (Å²) >= 11 is 0. The fourth-order valence-electron chi connectivity index (χ4n) is 2.77. The highest BCUT2D eigenvalue weighted by Crippen LogP contribution is 2.31. The molecule has 0 amide bonds. The number of nitrogens with zero attached hydrogens (tertiary/aromatic N) is 2. The number of pyridine rings is 1. The van der Waals surface area contributed by atoms with E-state index in [0.717, 1.165) is 5.76 Å². The minimum absolute atomic E-state index is 0.297. The number of furan rings is 1. The molecule has 1 atom stereocenters. The SMILES string of the molecule is Cc1ccc(-c2ccc(OC3=NO[C@H](c4ccc(OC(F)(F)F)cc4)C3)cn2)o1. The van der Waals surface area contributed by atoms with Crippen LogP contribution in [0.2, 0.25) is 0 Å². The standard InChI is InChI=1S/C20H15F3N2O4/c1-12-2-9-17(26-12)16-8-7-15(11-24-16)27-19-10-18(29-25-19)13-3-5-14(6-4-13)28-20(21,22)23/h2-9,11,18H,10H2,1H3/t18-/m0/s1. The first-order valence-corrected chi connectivity index (χ1v) is 8.65. The predicted molar refractivity (Wildman–Crippen MR) is 96.3 cm³/mol. The number of halogens is 3. The topological polar surface area (TPSA) is 66.1 Å². The van der Waals surface area contributed by atoms with E-state index >= 15 is 0 Å². The summed E-state index contributed by atoms with van der Waals surface area (Å²) in [7, 11) is 0. The van der Waals surface area contributed by atoms with Gasteiger partial charge in [-0.15, -0.1) is 13.2 Å². The lowest BCUT2D eigenvalue weighted by atomic mass is 10.1. The number of hydrogen-bond acceptors (Lipinski definition) is 6. The summed E-state index contributed by atoms with van der Waals surface area (Å²) in [4.78, 5) is 9.62. The zero-order valence-corrected chi connectivity index (χ0v) is 15.1. The van der Waals surface area contributed by atoms with E-state index in [1.54, 1.807) is 18.3 Å². The maximum absolute atomic E-state index is 12.2. The van der Waals surface area contributed by atoms with Gasteiger partial charge in [-0.3, -0.25) is 0 Å². The Morgan fingerprint density at radius 2 is 1.76 bits per heavy atom. The van der Waals surface area contributed by atoms with Crippen molar-refractivity contribution in [3.63, 3.8) is 0 Å². The molecule has 0 saturated carbocycles. The van der Waals surface area contributed by atoms with Crippen molar-refractivity contribution in [2.45, 2.75) is 25.8 Å². The molecule has 3 aromatic rings. The van der Waals surface area contributed by atoms with Gasteiger partial charge in [-0.25, -0.2) is 4.98 Å². The zero-order chi connectivity index (χ0) is 20.4. The Bertz CT molecular complexity index is 1010. The van der Waals surface area contributed by atoms with Crippen LogP contribution in [0.4, 0.5) is 13.2 Å². The maximum Gasteiger partial charge on any atom is 0.573 e. The van der Waals surface area contributed by atoms with E-state index in [9.17, 15) is 13.2 Å². The highest BCUT2D eigenvalue weighted by Gasteiger charge is 2.31. The first-order valence-electron chi connectivity index (χ1n) is 8.65. The van der Waals surface area contributed by atoms with Crippen molar-refractivity contribution in [2.75, 3.05) is 0 Å². The summed E-state index contributed by atoms with van der Waals surface area (Å²) in [5.74, 6) is 1.98. The third kappa shape index (κ3) is 4.68. The lowest BCUT2D eigenvalue weighted by Crippen LogP contribution is -2.17. The molecule has 9 heteroatoms. The Morgan fingerprint density at radius 3 is 2.38 bits per heavy atom. The molecule has 2 aromatic heterocycles. The van der Waals surface area contributed by atoms with Gasteiger partial charge in [0.25, 0.3) is 0 Å². The van der Waals surface area contributed by atoms with Gasteiger partial charge < -0.3 is 18.7 Å². The summed E-state index contributed by atoms with van der Waals surface area (Å²) < 4.78 is 51.7. The Balaban J connectivity index is 1.35. The number of aryl methyl sites for hydroxylation is 1. The van der Waals surface area contributed by atoms with Crippen molar-refractivity contribution in [2.24, 2.45) is 5.16 Å². The molecule has 3 heterocycles. The van der Waals surface area contributed by atoms with E-state index in [0.29, 0.717) is 35.1 Å². The van der Waals surface area contributed by atoms with Gasteiger partial charge in [-0.05, 0) is 48.9 Å². The smallest absolute Gasteiger partial charge is 0.460 e. The van der Waals surface area contributed by atoms with Crippen LogP contribution in [-0.2, 0) is 4.84 Å². The molecule has 0 fully saturated rings. The number of hydrogen-bond donors (Lipinski definition) is 0. The minimum Gasteiger partial charge on any atom is -0.460 e. The molecule has 6 nitrogen and oxygen atoms in total. The monoisotopic (exact) mass is 404 g/mol. The molecule has 0 aliphatic carbocycles. The molecular weight excluding hydrogens is 389 g/mol. The number of oxime groups is 1. The molecule has 1 aliphatic rings. The van der Waals surface area contributed by atoms with E-state index in [2.05, 4.69) is 14.9 Å². The number of aromatic nitrogens is 1. The molecule has 29 heavy (non-hydrogen) atoms. The van der Waals surface area contributed by atoms with Crippen LogP contribution in [0.5, 0.6) is 11.5 Å². The van der Waals surface area contributed by atoms with Gasteiger partial charge in [0.2, 0.25) is 5.90 Å². The fourth-order valence-corrected chi connectivity index (χ4v) is 2.77. The second-order valence-electron chi connectivity index (χ2n) is 6.29. The van der Waals surface area contributed by atoms with Gasteiger partial charge in [0.1, 0.15) is 23.0 Å². The Labute approximate surface area is 163 Å². The second-order valence-corrected chi connectivity index (χ2v) is 6.29. The van der Waals surface area contributed by atoms with Crippen molar-refractivity contribution in [1.29, 1.82) is 0 Å². The Hall–Kier alpha value is -3.49. The van der Waals surface area contributed by atoms with Crippen LogP contribution in [0.15, 0.2) is 64.3 Å². The number of rotatable bonds is 4. The quantitative estimate of drug-likeness (QED) is 0.582. The van der Waals surface area contributed by atoms with Crippen molar-refractivity contribution in [1.82, 2.24) is 4.98 Å². The molecule has 4 rings (SSSR count). The summed E-state index contributed by atoms with van der Waals surface area (Å²) in [6.45, 7) is 1.85. The lowest BCUT2D eigenvalue weighted by Gasteiger charge is -2.11. The number of benzene rings is 1. The van der Waals surface area contributed by atoms with Crippen LogP contribution in [0, 0.1) is 6.92 Å². The average molecular weight is 404 g/mol. The predicted octanol–water partition coefficient (Wildman–Crippen LogP) is 5.40. The van der Waals surface area contributed by atoms with Crippen LogP contribution in [0.3, 0.4) is 0 Å². The van der Waals surface area contributed by atoms with E-state index in [1.807, 2.05) is 19.1 Å². The molecule has 0 bridgehead atoms. The van der Waals surface area contributed by atoms with Gasteiger partial charge in [0, 0.05) is 0 Å². The van der Waals surface area contributed by atoms with Crippen LogP contribution >= 0.6 is 0 Å². The Morgan fingerprint density at radius 1 is 1.00 bits per heavy atom. The zero-order valence-electron chi connectivity index (χ0n) is 15.1. The molecule has 0 unspecified atom stereocenters. The maximum atomic E-state index is 12.2. The first-order chi connectivity index (χ1) is 13.9. The van der Waals surface area contributed by atoms with Crippen molar-refractivity contribution in [3.05, 3.63) is 66.1 Å². The van der Waals surface area contributed by atoms with E-state index in [-0.39, 0.29) is 5.75 Å². The van der Waals surface area contributed by atoms with Crippen LogP contribution in [0.25, 0.3) is 11.5 Å². The van der Waals surface area contributed by atoms with Gasteiger partial charge in [-0.1, -0.05) is 17.3 Å². The summed E-state index contributed by atoms with van der Waals surface area (Å²) in [6.07, 6.45) is -3.30. The molecule has 0 radical (unpaired) electrons. The molecule has 0 saturated heterocycles. The largest absolute Gasteiger partial charge is 0.573 e. The first kappa shape index (κ1) is 18.9. The van der Waals surface area contributed by atoms with Crippen molar-refractivity contribution >= 4 is 5.90 Å². The summed E-state index contributed by atoms with van der Waals surface area (Å²) in [5, 5.41) is 3.89. The highest BCUT2D eigenvalue weighted by molar-refractivity contribution is 5.79. The second kappa shape index (κ2) is 7.50. The molecule has 0 N–H and O–H groups in total. The van der Waals surface area contributed by atoms with Crippen LogP contribution in [-0.4, -0.2) is 17.2 Å². The van der Waals surface area contributed by atoms with Gasteiger partial charge >= 0.3 is 6.36 Å². The third-order valence-electron chi connectivity index (χ3n) is 4.09. The summed E-state index contributed by atoms with van der Waals surface area (Å²) in [6, 6.07) is 12.6. The van der Waals surface area contributed by atoms with Crippen LogP contribution < -0.4 is 9.47 Å². The molecule has 0 spiro atoms. The highest BCUT2D eigenvalue weighted by atomic mass is 19.4. The number of ether oxygens (including phenoxy) is 2. The van der Waals surface area contributed by atoms with Gasteiger partial charge in [0.05, 0.1) is 12.6 Å². The molecule has 1 aromatic carbocycles. The fraction of sp³-hybridized carbons (Fsp3) is 0.200. The average Bonchev–Trinajstić information content (AvgIpc) is 3.31. The normalized spacial score (nSPS) is 16.3. The van der Waals surface area contributed by atoms with Gasteiger partial charge in [0.15, 0.2) is 11.9 Å². The van der Waals surface area contributed by atoms with Gasteiger partial charge in [-0.2, -0.15) is 0 Å². The molecular formula is C20H15F3N2O4. The van der Waals surface area contributed by atoms with E-state index in [4.69, 9.17) is 14.0 Å². The lowest BCUT2D eigenvalue weighted by molar-refractivity contribution is -0.274. The minimum atomic E-state index is -4.73. The van der Waals surface area contributed by atoms with Crippen LogP contribution in [0.1, 0.15) is 23.8 Å². The number of alkyl halides is 3. The molecule has 150 valence electrons.